The molecule has 26 heavy (non-hydrogen) atoms. The van der Waals surface area contributed by atoms with Crippen molar-refractivity contribution in [3.05, 3.63) is 47.6 Å². The van der Waals surface area contributed by atoms with Crippen LogP contribution in [0.5, 0.6) is 0 Å². The van der Waals surface area contributed by atoms with E-state index < -0.39 is 0 Å². The summed E-state index contributed by atoms with van der Waals surface area (Å²) in [7, 11) is 0. The smallest absolute Gasteiger partial charge is 0.244 e. The lowest BCUT2D eigenvalue weighted by Gasteiger charge is -2.15. The zero-order valence-corrected chi connectivity index (χ0v) is 14.5. The number of nitrogens with zero attached hydrogens (tertiary/aromatic N) is 4. The lowest BCUT2D eigenvalue weighted by Crippen LogP contribution is -2.23. The largest absolute Gasteiger partial charge is 0.345 e. The third kappa shape index (κ3) is 3.37. The van der Waals surface area contributed by atoms with E-state index in [0.29, 0.717) is 13.0 Å². The average molecular weight is 351 g/mol. The van der Waals surface area contributed by atoms with E-state index in [1.807, 2.05) is 24.3 Å². The number of rotatable bonds is 5. The predicted octanol–water partition coefficient (Wildman–Crippen LogP) is 1.68. The molecular formula is C19H21N5O2. The molecule has 2 amide bonds. The van der Waals surface area contributed by atoms with Crippen LogP contribution in [0.1, 0.15) is 36.5 Å². The van der Waals surface area contributed by atoms with Gasteiger partial charge in [-0.25, -0.2) is 0 Å². The molecule has 0 saturated carbocycles. The number of hydrogen-bond donors (Lipinski definition) is 1. The number of aryl methyl sites for hydroxylation is 1. The number of benzene rings is 1. The maximum absolute atomic E-state index is 12.0. The molecule has 0 radical (unpaired) electrons. The first-order valence-electron chi connectivity index (χ1n) is 8.98. The second-order valence-corrected chi connectivity index (χ2v) is 6.58. The van der Waals surface area contributed by atoms with Gasteiger partial charge in [-0.2, -0.15) is 0 Å². The lowest BCUT2D eigenvalue weighted by atomic mass is 10.2. The minimum absolute atomic E-state index is 0.167. The van der Waals surface area contributed by atoms with Gasteiger partial charge < -0.3 is 14.8 Å². The van der Waals surface area contributed by atoms with Gasteiger partial charge in [0.1, 0.15) is 5.82 Å². The van der Waals surface area contributed by atoms with Gasteiger partial charge in [0.25, 0.3) is 0 Å². The van der Waals surface area contributed by atoms with Crippen molar-refractivity contribution in [2.24, 2.45) is 0 Å². The predicted molar refractivity (Wildman–Crippen MR) is 97.3 cm³/mol. The summed E-state index contributed by atoms with van der Waals surface area (Å²) < 4.78 is 2.07. The molecule has 1 fully saturated rings. The Balaban J connectivity index is 1.32. The monoisotopic (exact) mass is 351 g/mol. The van der Waals surface area contributed by atoms with Crippen LogP contribution < -0.4 is 10.2 Å². The molecule has 134 valence electrons. The van der Waals surface area contributed by atoms with E-state index in [-0.39, 0.29) is 11.8 Å². The number of fused-ring (bicyclic) bond motifs is 1. The van der Waals surface area contributed by atoms with Crippen molar-refractivity contribution in [1.82, 2.24) is 20.1 Å². The van der Waals surface area contributed by atoms with Gasteiger partial charge >= 0.3 is 0 Å². The minimum Gasteiger partial charge on any atom is -0.345 e. The molecule has 1 N–H and O–H groups in total. The Kier molecular flexibility index (Phi) is 4.51. The molecular weight excluding hydrogens is 330 g/mol. The third-order valence-corrected chi connectivity index (χ3v) is 4.81. The van der Waals surface area contributed by atoms with Crippen LogP contribution in [0.25, 0.3) is 6.08 Å². The van der Waals surface area contributed by atoms with Crippen molar-refractivity contribution < 1.29 is 9.59 Å². The fourth-order valence-corrected chi connectivity index (χ4v) is 3.43. The molecule has 0 atom stereocenters. The van der Waals surface area contributed by atoms with Gasteiger partial charge in [-0.1, -0.05) is 12.1 Å². The van der Waals surface area contributed by atoms with Gasteiger partial charge in [0.05, 0.1) is 6.54 Å². The van der Waals surface area contributed by atoms with Crippen molar-refractivity contribution in [3.63, 3.8) is 0 Å². The molecule has 0 bridgehead atoms. The lowest BCUT2D eigenvalue weighted by molar-refractivity contribution is -0.117. The third-order valence-electron chi connectivity index (χ3n) is 4.81. The Hall–Kier alpha value is -2.96. The maximum atomic E-state index is 12.0. The summed E-state index contributed by atoms with van der Waals surface area (Å²) in [5, 5.41) is 11.1. The SMILES string of the molecule is O=C(C=Cc1ccc(N2CCCC2=O)cc1)NCc1nnc2n1CCC2. The molecule has 4 rings (SSSR count). The first-order chi connectivity index (χ1) is 12.7. The van der Waals surface area contributed by atoms with E-state index in [1.165, 1.54) is 6.08 Å². The fourth-order valence-electron chi connectivity index (χ4n) is 3.43. The number of hydrogen-bond acceptors (Lipinski definition) is 4. The quantitative estimate of drug-likeness (QED) is 0.831. The number of aromatic nitrogens is 3. The molecule has 1 aromatic heterocycles. The number of carbonyl (C=O) groups excluding carboxylic acids is 2. The molecule has 7 heteroatoms. The Morgan fingerprint density at radius 3 is 2.69 bits per heavy atom. The van der Waals surface area contributed by atoms with Crippen molar-refractivity contribution in [2.75, 3.05) is 11.4 Å². The molecule has 7 nitrogen and oxygen atoms in total. The van der Waals surface area contributed by atoms with Crippen LogP contribution in [0.4, 0.5) is 5.69 Å². The molecule has 3 heterocycles. The van der Waals surface area contributed by atoms with Gasteiger partial charge in [0.2, 0.25) is 11.8 Å². The summed E-state index contributed by atoms with van der Waals surface area (Å²) in [6.45, 7) is 2.09. The highest BCUT2D eigenvalue weighted by molar-refractivity contribution is 5.95. The molecule has 0 aliphatic carbocycles. The standard InChI is InChI=1S/C19H21N5O2/c25-18(20-13-17-22-21-16-3-1-12-24(16)17)10-7-14-5-8-15(9-6-14)23-11-2-4-19(23)26/h5-10H,1-4,11-13H2,(H,20,25). The van der Waals surface area contributed by atoms with Crippen LogP contribution in [0.3, 0.4) is 0 Å². The second kappa shape index (κ2) is 7.11. The maximum Gasteiger partial charge on any atom is 0.244 e. The van der Waals surface area contributed by atoms with Crippen molar-refractivity contribution in [3.8, 4) is 0 Å². The van der Waals surface area contributed by atoms with Gasteiger partial charge in [-0.05, 0) is 36.6 Å². The Bertz CT molecular complexity index is 853. The van der Waals surface area contributed by atoms with E-state index in [9.17, 15) is 9.59 Å². The number of nitrogens with one attached hydrogen (secondary N) is 1. The van der Waals surface area contributed by atoms with Crippen LogP contribution >= 0.6 is 0 Å². The fraction of sp³-hybridized carbons (Fsp3) is 0.368. The molecule has 1 aromatic carbocycles. The Morgan fingerprint density at radius 2 is 1.92 bits per heavy atom. The summed E-state index contributed by atoms with van der Waals surface area (Å²) in [6.07, 6.45) is 6.86. The average Bonchev–Trinajstić information content (AvgIpc) is 3.36. The zero-order chi connectivity index (χ0) is 17.9. The molecule has 2 aromatic rings. The highest BCUT2D eigenvalue weighted by Crippen LogP contribution is 2.21. The topological polar surface area (TPSA) is 80.1 Å². The summed E-state index contributed by atoms with van der Waals surface area (Å²) in [4.78, 5) is 25.6. The van der Waals surface area contributed by atoms with E-state index >= 15 is 0 Å². The first kappa shape index (κ1) is 16.5. The summed E-state index contributed by atoms with van der Waals surface area (Å²) >= 11 is 0. The number of anilines is 1. The number of amides is 2. The molecule has 0 spiro atoms. The van der Waals surface area contributed by atoms with E-state index in [0.717, 1.165) is 55.3 Å². The van der Waals surface area contributed by atoms with E-state index in [4.69, 9.17) is 0 Å². The van der Waals surface area contributed by atoms with Crippen LogP contribution in [-0.4, -0.2) is 33.1 Å². The normalized spacial score (nSPS) is 16.5. The summed E-state index contributed by atoms with van der Waals surface area (Å²) in [6, 6.07) is 7.66. The summed E-state index contributed by atoms with van der Waals surface area (Å²) in [5.41, 5.74) is 1.83. The van der Waals surface area contributed by atoms with Crippen molar-refractivity contribution >= 4 is 23.6 Å². The highest BCUT2D eigenvalue weighted by Gasteiger charge is 2.21. The van der Waals surface area contributed by atoms with Gasteiger partial charge in [-0.15, -0.1) is 10.2 Å². The number of carbonyl (C=O) groups is 2. The van der Waals surface area contributed by atoms with E-state index in [2.05, 4.69) is 20.1 Å². The van der Waals surface area contributed by atoms with Gasteiger partial charge in [-0.3, -0.25) is 9.59 Å². The zero-order valence-electron chi connectivity index (χ0n) is 14.5. The van der Waals surface area contributed by atoms with Crippen molar-refractivity contribution in [1.29, 1.82) is 0 Å². The van der Waals surface area contributed by atoms with Crippen LogP contribution in [0.15, 0.2) is 30.3 Å². The second-order valence-electron chi connectivity index (χ2n) is 6.58. The molecule has 2 aliphatic rings. The Labute approximate surface area is 151 Å². The summed E-state index contributed by atoms with van der Waals surface area (Å²) in [5.74, 6) is 1.81. The van der Waals surface area contributed by atoms with Gasteiger partial charge in [0.15, 0.2) is 5.82 Å². The van der Waals surface area contributed by atoms with Crippen LogP contribution in [0.2, 0.25) is 0 Å². The minimum atomic E-state index is -0.167. The molecule has 1 saturated heterocycles. The van der Waals surface area contributed by atoms with Crippen LogP contribution in [-0.2, 0) is 29.1 Å². The van der Waals surface area contributed by atoms with E-state index in [1.54, 1.807) is 11.0 Å². The highest BCUT2D eigenvalue weighted by atomic mass is 16.2. The first-order valence-corrected chi connectivity index (χ1v) is 8.98. The molecule has 0 unspecified atom stereocenters. The van der Waals surface area contributed by atoms with Gasteiger partial charge in [0, 0.05) is 37.7 Å². The van der Waals surface area contributed by atoms with Crippen LogP contribution in [0, 0.1) is 0 Å². The molecule has 2 aliphatic heterocycles. The Morgan fingerprint density at radius 1 is 1.12 bits per heavy atom. The van der Waals surface area contributed by atoms with Crippen molar-refractivity contribution in [2.45, 2.75) is 38.8 Å².